The van der Waals surface area contributed by atoms with E-state index in [1.54, 1.807) is 0 Å². The third-order valence-corrected chi connectivity index (χ3v) is 1.38. The largest absolute Gasteiger partial charge is 1.00 e. The van der Waals surface area contributed by atoms with E-state index in [2.05, 4.69) is 0 Å². The Morgan fingerprint density at radius 3 is 1.18 bits per heavy atom. The molecule has 0 heterocycles. The molecule has 3 N–H and O–H groups in total. The molecule has 0 spiro atoms. The van der Waals surface area contributed by atoms with Crippen LogP contribution in [0.4, 0.5) is 0 Å². The standard InChI is InChI=1S/C8H6O4.K.HO3S/c9-7(10)5-1-2-6(4-3-5)8(11)12;;1-4(2)3/h1-4H,(H,9,10)(H,11,12);;(H,1,2,3)/q;+1;-1. The summed E-state index contributed by atoms with van der Waals surface area (Å²) in [6.45, 7) is 0. The molecule has 0 amide bonds. The van der Waals surface area contributed by atoms with Gasteiger partial charge in [-0.1, -0.05) is 0 Å². The Kier molecular flexibility index (Phi) is 10.9. The molecule has 7 nitrogen and oxygen atoms in total. The van der Waals surface area contributed by atoms with Crippen LogP contribution in [0.1, 0.15) is 20.7 Å². The van der Waals surface area contributed by atoms with Crippen LogP contribution in [0.25, 0.3) is 0 Å². The van der Waals surface area contributed by atoms with Crippen LogP contribution in [0.5, 0.6) is 0 Å². The summed E-state index contributed by atoms with van der Waals surface area (Å²) in [5, 5.41) is 16.9. The maximum absolute atomic E-state index is 10.3. The number of carboxylic acids is 2. The normalized spacial score (nSPS) is 8.59. The van der Waals surface area contributed by atoms with Crippen LogP contribution in [0, 0.1) is 0 Å². The second-order valence-electron chi connectivity index (χ2n) is 2.40. The smallest absolute Gasteiger partial charge is 0.478 e. The van der Waals surface area contributed by atoms with Gasteiger partial charge in [0.05, 0.1) is 11.1 Å². The van der Waals surface area contributed by atoms with Crippen molar-refractivity contribution in [3.8, 4) is 0 Å². The first-order valence-electron chi connectivity index (χ1n) is 3.69. The fraction of sp³-hybridized carbons (Fsp3) is 0. The van der Waals surface area contributed by atoms with Crippen molar-refractivity contribution in [2.75, 3.05) is 0 Å². The third-order valence-electron chi connectivity index (χ3n) is 1.38. The van der Waals surface area contributed by atoms with Crippen LogP contribution in [0.15, 0.2) is 24.3 Å². The topological polar surface area (TPSA) is 129 Å². The molecule has 0 fully saturated rings. The molecule has 1 rings (SSSR count). The summed E-state index contributed by atoms with van der Waals surface area (Å²) in [5.74, 6) is -2.13. The Labute approximate surface area is 141 Å². The number of carbonyl (C=O) groups is 2. The van der Waals surface area contributed by atoms with E-state index in [0.29, 0.717) is 0 Å². The van der Waals surface area contributed by atoms with Gasteiger partial charge in [0.25, 0.3) is 0 Å². The molecular weight excluding hydrogens is 279 g/mol. The van der Waals surface area contributed by atoms with Gasteiger partial charge >= 0.3 is 63.3 Å². The molecule has 0 saturated heterocycles. The van der Waals surface area contributed by atoms with Crippen molar-refractivity contribution < 1.29 is 84.2 Å². The Balaban J connectivity index is 0. The first kappa shape index (κ1) is 19.1. The molecule has 0 aliphatic rings. The van der Waals surface area contributed by atoms with Gasteiger partial charge in [0, 0.05) is 11.0 Å². The quantitative estimate of drug-likeness (QED) is 0.245. The molecule has 1 aromatic carbocycles. The molecule has 1 aromatic rings. The van der Waals surface area contributed by atoms with Crippen LogP contribution >= 0.6 is 0 Å². The Bertz CT molecular complexity index is 410. The van der Waals surface area contributed by atoms with E-state index in [-0.39, 0.29) is 62.5 Å². The van der Waals surface area contributed by atoms with E-state index >= 15 is 0 Å². The van der Waals surface area contributed by atoms with Gasteiger partial charge in [0.1, 0.15) is 0 Å². The summed E-state index contributed by atoms with van der Waals surface area (Å²) in [4.78, 5) is 20.7. The number of aromatic carboxylic acids is 2. The van der Waals surface area contributed by atoms with E-state index in [0.717, 1.165) is 0 Å². The van der Waals surface area contributed by atoms with Crippen molar-refractivity contribution in [2.45, 2.75) is 0 Å². The number of benzene rings is 1. The van der Waals surface area contributed by atoms with Gasteiger partial charge in [-0.15, -0.1) is 0 Å². The molecule has 0 aliphatic carbocycles. The van der Waals surface area contributed by atoms with E-state index in [1.807, 2.05) is 0 Å². The summed E-state index contributed by atoms with van der Waals surface area (Å²) >= 11 is 0. The third kappa shape index (κ3) is 9.41. The average Bonchev–Trinajstić information content (AvgIpc) is 2.17. The maximum Gasteiger partial charge on any atom is 1.00 e. The van der Waals surface area contributed by atoms with Crippen LogP contribution in [0.2, 0.25) is 0 Å². The fourth-order valence-corrected chi connectivity index (χ4v) is 0.755. The number of hydrogen-bond acceptors (Lipinski definition) is 5. The zero-order chi connectivity index (χ0) is 12.7. The van der Waals surface area contributed by atoms with Crippen molar-refractivity contribution in [2.24, 2.45) is 0 Å². The molecule has 9 heteroatoms. The van der Waals surface area contributed by atoms with E-state index < -0.39 is 22.9 Å². The minimum Gasteiger partial charge on any atom is -0.478 e. The number of rotatable bonds is 2. The van der Waals surface area contributed by atoms with Gasteiger partial charge in [-0.05, 0) is 24.3 Å². The Morgan fingerprint density at radius 1 is 0.882 bits per heavy atom. The van der Waals surface area contributed by atoms with Gasteiger partial charge in [0.15, 0.2) is 0 Å². The monoisotopic (exact) mass is 286 g/mol. The van der Waals surface area contributed by atoms with Crippen molar-refractivity contribution in [3.63, 3.8) is 0 Å². The molecule has 0 atom stereocenters. The van der Waals surface area contributed by atoms with Crippen molar-refractivity contribution in [3.05, 3.63) is 35.4 Å². The van der Waals surface area contributed by atoms with Gasteiger partial charge < -0.3 is 23.2 Å². The molecule has 17 heavy (non-hydrogen) atoms. The molecule has 0 saturated carbocycles. The molecule has 0 unspecified atom stereocenters. The SMILES string of the molecule is O=C(O)c1ccc(C(=O)O)cc1.O=[S-](=O)O.[K+]. The van der Waals surface area contributed by atoms with Crippen LogP contribution < -0.4 is 51.4 Å². The maximum atomic E-state index is 10.3. The van der Waals surface area contributed by atoms with Gasteiger partial charge in [-0.25, -0.2) is 9.59 Å². The van der Waals surface area contributed by atoms with Crippen molar-refractivity contribution in [1.29, 1.82) is 0 Å². The molecule has 0 aromatic heterocycles. The average molecular weight is 286 g/mol. The minimum atomic E-state index is -2.86. The summed E-state index contributed by atoms with van der Waals surface area (Å²) in [6.07, 6.45) is 0. The number of carboxylic acid groups (broad SMARTS) is 2. The predicted octanol–water partition coefficient (Wildman–Crippen LogP) is -2.14. The van der Waals surface area contributed by atoms with Crippen LogP contribution in [-0.4, -0.2) is 26.7 Å². The summed E-state index contributed by atoms with van der Waals surface area (Å²) in [7, 11) is -2.86. The molecular formula is C8H7KO7S. The second kappa shape index (κ2) is 9.71. The van der Waals surface area contributed by atoms with Gasteiger partial charge in [-0.3, -0.25) is 0 Å². The summed E-state index contributed by atoms with van der Waals surface area (Å²) in [5.41, 5.74) is 0.167. The molecule has 0 aliphatic heterocycles. The predicted molar refractivity (Wildman–Crippen MR) is 51.7 cm³/mol. The zero-order valence-corrected chi connectivity index (χ0v) is 12.6. The fourth-order valence-electron chi connectivity index (χ4n) is 0.755. The second-order valence-corrected chi connectivity index (χ2v) is 2.84. The molecule has 0 radical (unpaired) electrons. The van der Waals surface area contributed by atoms with E-state index in [9.17, 15) is 9.59 Å². The molecule has 88 valence electrons. The number of hydrogen-bond donors (Lipinski definition) is 3. The van der Waals surface area contributed by atoms with Gasteiger partial charge in [-0.2, -0.15) is 0 Å². The zero-order valence-electron chi connectivity index (χ0n) is 8.69. The Morgan fingerprint density at radius 2 is 1.06 bits per heavy atom. The van der Waals surface area contributed by atoms with Crippen molar-refractivity contribution in [1.82, 2.24) is 0 Å². The summed E-state index contributed by atoms with van der Waals surface area (Å²) in [6, 6.07) is 5.02. The minimum absolute atomic E-state index is 0. The Hall–Kier alpha value is -0.294. The molecule has 0 bridgehead atoms. The van der Waals surface area contributed by atoms with Crippen LogP contribution in [0.3, 0.4) is 0 Å². The first-order valence-corrected chi connectivity index (χ1v) is 4.72. The van der Waals surface area contributed by atoms with E-state index in [1.165, 1.54) is 24.3 Å². The first-order chi connectivity index (χ1) is 7.34. The van der Waals surface area contributed by atoms with Gasteiger partial charge in [0.2, 0.25) is 0 Å². The summed E-state index contributed by atoms with van der Waals surface area (Å²) < 4.78 is 24.1. The van der Waals surface area contributed by atoms with Crippen molar-refractivity contribution >= 4 is 22.9 Å². The van der Waals surface area contributed by atoms with Crippen LogP contribution in [-0.2, 0) is 19.4 Å². The van der Waals surface area contributed by atoms with E-state index in [4.69, 9.17) is 23.2 Å².